The number of hydrogen-bond donors (Lipinski definition) is 2. The van der Waals surface area contributed by atoms with Crippen molar-refractivity contribution in [3.05, 3.63) is 0 Å². The van der Waals surface area contributed by atoms with E-state index in [2.05, 4.69) is 5.32 Å². The zero-order valence-corrected chi connectivity index (χ0v) is 9.16. The first-order chi connectivity index (χ1) is 6.56. The van der Waals surface area contributed by atoms with Gasteiger partial charge >= 0.3 is 0 Å². The third-order valence-electron chi connectivity index (χ3n) is 2.68. The van der Waals surface area contributed by atoms with Crippen LogP contribution in [0.1, 0.15) is 27.2 Å². The highest BCUT2D eigenvalue weighted by Gasteiger charge is 2.29. The van der Waals surface area contributed by atoms with E-state index in [4.69, 9.17) is 5.11 Å². The van der Waals surface area contributed by atoms with Crippen LogP contribution in [0.25, 0.3) is 0 Å². The minimum atomic E-state index is -0.421. The Morgan fingerprint density at radius 3 is 2.79 bits per heavy atom. The molecule has 2 N–H and O–H groups in total. The number of nitrogens with zero attached hydrogens (tertiary/aromatic N) is 1. The largest absolute Gasteiger partial charge is 0.394 e. The molecular formula is C10H20N2O2. The van der Waals surface area contributed by atoms with E-state index in [1.54, 1.807) is 0 Å². The topological polar surface area (TPSA) is 52.6 Å². The van der Waals surface area contributed by atoms with Gasteiger partial charge in [-0.1, -0.05) is 0 Å². The van der Waals surface area contributed by atoms with Crippen LogP contribution in [0, 0.1) is 0 Å². The standard InChI is InChI=1S/C10H20N2O2/c1-7(2)12-5-4-8(3)11-9(6-13)10(12)14/h7-9,11,13H,4-6H2,1-3H3. The van der Waals surface area contributed by atoms with Crippen LogP contribution in [0.15, 0.2) is 0 Å². The number of carbonyl (C=O) groups excluding carboxylic acids is 1. The second kappa shape index (κ2) is 4.75. The van der Waals surface area contributed by atoms with Gasteiger partial charge in [-0.2, -0.15) is 0 Å². The van der Waals surface area contributed by atoms with Crippen molar-refractivity contribution in [3.63, 3.8) is 0 Å². The van der Waals surface area contributed by atoms with E-state index in [9.17, 15) is 4.79 Å². The Bertz CT molecular complexity index is 206. The van der Waals surface area contributed by atoms with Crippen LogP contribution >= 0.6 is 0 Å². The summed E-state index contributed by atoms with van der Waals surface area (Å²) in [7, 11) is 0. The molecule has 0 aromatic rings. The molecule has 1 heterocycles. The Morgan fingerprint density at radius 1 is 1.64 bits per heavy atom. The molecule has 1 aliphatic heterocycles. The minimum Gasteiger partial charge on any atom is -0.394 e. The summed E-state index contributed by atoms with van der Waals surface area (Å²) in [6, 6.07) is 0.0819. The molecule has 0 radical (unpaired) electrons. The fourth-order valence-corrected chi connectivity index (χ4v) is 1.78. The van der Waals surface area contributed by atoms with Gasteiger partial charge in [-0.25, -0.2) is 0 Å². The highest BCUT2D eigenvalue weighted by Crippen LogP contribution is 2.10. The van der Waals surface area contributed by atoms with Gasteiger partial charge in [0.15, 0.2) is 0 Å². The van der Waals surface area contributed by atoms with Crippen LogP contribution < -0.4 is 5.32 Å². The number of nitrogens with one attached hydrogen (secondary N) is 1. The van der Waals surface area contributed by atoms with Crippen molar-refractivity contribution >= 4 is 5.91 Å². The van der Waals surface area contributed by atoms with Crippen LogP contribution in [-0.2, 0) is 4.79 Å². The Balaban J connectivity index is 2.74. The summed E-state index contributed by atoms with van der Waals surface area (Å²) in [5, 5.41) is 12.2. The lowest BCUT2D eigenvalue weighted by atomic mass is 10.2. The molecule has 0 aliphatic carbocycles. The molecule has 4 nitrogen and oxygen atoms in total. The quantitative estimate of drug-likeness (QED) is 0.658. The van der Waals surface area contributed by atoms with Crippen LogP contribution in [0.5, 0.6) is 0 Å². The van der Waals surface area contributed by atoms with E-state index < -0.39 is 6.04 Å². The molecule has 1 saturated heterocycles. The van der Waals surface area contributed by atoms with Crippen LogP contribution in [0.4, 0.5) is 0 Å². The Labute approximate surface area is 85.3 Å². The number of aliphatic hydroxyl groups is 1. The monoisotopic (exact) mass is 200 g/mol. The first kappa shape index (κ1) is 11.5. The third-order valence-corrected chi connectivity index (χ3v) is 2.68. The molecule has 0 aromatic heterocycles. The molecule has 1 fully saturated rings. The predicted octanol–water partition coefficient (Wildman–Crippen LogP) is -0.0339. The number of carbonyl (C=O) groups is 1. The number of aliphatic hydroxyl groups excluding tert-OH is 1. The van der Waals surface area contributed by atoms with Gasteiger partial charge in [0.25, 0.3) is 0 Å². The lowest BCUT2D eigenvalue weighted by molar-refractivity contribution is -0.135. The molecule has 1 aliphatic rings. The van der Waals surface area contributed by atoms with E-state index in [0.717, 1.165) is 13.0 Å². The Morgan fingerprint density at radius 2 is 2.29 bits per heavy atom. The maximum Gasteiger partial charge on any atom is 0.242 e. The lowest BCUT2D eigenvalue weighted by Crippen LogP contribution is -2.49. The average Bonchev–Trinajstić information content (AvgIpc) is 2.26. The maximum absolute atomic E-state index is 11.9. The molecule has 1 rings (SSSR count). The van der Waals surface area contributed by atoms with Crippen molar-refractivity contribution in [2.75, 3.05) is 13.2 Å². The van der Waals surface area contributed by atoms with Crippen molar-refractivity contribution in [2.45, 2.75) is 45.3 Å². The molecular weight excluding hydrogens is 180 g/mol. The summed E-state index contributed by atoms with van der Waals surface area (Å²) in [5.74, 6) is 0.0202. The van der Waals surface area contributed by atoms with Gasteiger partial charge in [0.1, 0.15) is 6.04 Å². The molecule has 0 aromatic carbocycles. The van der Waals surface area contributed by atoms with E-state index >= 15 is 0 Å². The van der Waals surface area contributed by atoms with Crippen molar-refractivity contribution in [3.8, 4) is 0 Å². The maximum atomic E-state index is 11.9. The van der Waals surface area contributed by atoms with E-state index in [1.807, 2.05) is 25.7 Å². The van der Waals surface area contributed by atoms with Crippen molar-refractivity contribution in [2.24, 2.45) is 0 Å². The summed E-state index contributed by atoms with van der Waals surface area (Å²) < 4.78 is 0. The molecule has 2 atom stereocenters. The second-order valence-corrected chi connectivity index (χ2v) is 4.22. The lowest BCUT2D eigenvalue weighted by Gasteiger charge is -2.27. The molecule has 0 spiro atoms. The second-order valence-electron chi connectivity index (χ2n) is 4.22. The summed E-state index contributed by atoms with van der Waals surface area (Å²) in [6.07, 6.45) is 0.945. The highest BCUT2D eigenvalue weighted by molar-refractivity contribution is 5.82. The third kappa shape index (κ3) is 2.45. The zero-order chi connectivity index (χ0) is 10.7. The fraction of sp³-hybridized carbons (Fsp3) is 0.900. The Kier molecular flexibility index (Phi) is 3.89. The van der Waals surface area contributed by atoms with Gasteiger partial charge in [-0.3, -0.25) is 4.79 Å². The summed E-state index contributed by atoms with van der Waals surface area (Å²) in [5.41, 5.74) is 0. The van der Waals surface area contributed by atoms with E-state index in [0.29, 0.717) is 6.04 Å². The van der Waals surface area contributed by atoms with Crippen molar-refractivity contribution < 1.29 is 9.90 Å². The van der Waals surface area contributed by atoms with Gasteiger partial charge in [-0.05, 0) is 27.2 Å². The number of hydrogen-bond acceptors (Lipinski definition) is 3. The van der Waals surface area contributed by atoms with E-state index in [1.165, 1.54) is 0 Å². The average molecular weight is 200 g/mol. The first-order valence-corrected chi connectivity index (χ1v) is 5.23. The van der Waals surface area contributed by atoms with Gasteiger partial charge in [0, 0.05) is 18.6 Å². The minimum absolute atomic E-state index is 0.0202. The fourth-order valence-electron chi connectivity index (χ4n) is 1.78. The van der Waals surface area contributed by atoms with Crippen LogP contribution in [0.3, 0.4) is 0 Å². The molecule has 2 unspecified atom stereocenters. The molecule has 0 bridgehead atoms. The SMILES string of the molecule is CC1CCN(C(C)C)C(=O)C(CO)N1. The predicted molar refractivity (Wildman–Crippen MR) is 54.9 cm³/mol. The molecule has 82 valence electrons. The van der Waals surface area contributed by atoms with Gasteiger partial charge in [0.2, 0.25) is 5.91 Å². The summed E-state index contributed by atoms with van der Waals surface area (Å²) in [4.78, 5) is 13.7. The molecule has 1 amide bonds. The van der Waals surface area contributed by atoms with Gasteiger partial charge in [-0.15, -0.1) is 0 Å². The van der Waals surface area contributed by atoms with Crippen molar-refractivity contribution in [1.82, 2.24) is 10.2 Å². The molecule has 4 heteroatoms. The normalized spacial score (nSPS) is 29.5. The van der Waals surface area contributed by atoms with E-state index in [-0.39, 0.29) is 18.6 Å². The van der Waals surface area contributed by atoms with Crippen LogP contribution in [-0.4, -0.2) is 47.2 Å². The highest BCUT2D eigenvalue weighted by atomic mass is 16.3. The zero-order valence-electron chi connectivity index (χ0n) is 9.16. The van der Waals surface area contributed by atoms with Gasteiger partial charge < -0.3 is 15.3 Å². The molecule has 14 heavy (non-hydrogen) atoms. The van der Waals surface area contributed by atoms with Gasteiger partial charge in [0.05, 0.1) is 6.61 Å². The smallest absolute Gasteiger partial charge is 0.242 e. The van der Waals surface area contributed by atoms with Crippen LogP contribution in [0.2, 0.25) is 0 Å². The van der Waals surface area contributed by atoms with Crippen molar-refractivity contribution in [1.29, 1.82) is 0 Å². The summed E-state index contributed by atoms with van der Waals surface area (Å²) in [6.45, 7) is 6.71. The first-order valence-electron chi connectivity index (χ1n) is 5.23. The molecule has 0 saturated carbocycles. The number of rotatable bonds is 2. The summed E-state index contributed by atoms with van der Waals surface area (Å²) >= 11 is 0. The number of amides is 1. The Hall–Kier alpha value is -0.610.